The van der Waals surface area contributed by atoms with Crippen molar-refractivity contribution in [3.8, 4) is 45.0 Å². The van der Waals surface area contributed by atoms with Crippen molar-refractivity contribution in [2.24, 2.45) is 34.1 Å². The maximum atomic E-state index is 11.3. The van der Waals surface area contributed by atoms with Crippen molar-refractivity contribution in [1.29, 1.82) is 0 Å². The molecule has 4 amide bonds. The minimum Gasteiger partial charge on any atom is -0.726 e. The molecular weight excluding hydrogens is 863 g/mol. The van der Waals surface area contributed by atoms with Gasteiger partial charge in [0.1, 0.15) is 11.4 Å². The van der Waals surface area contributed by atoms with Crippen LogP contribution in [0.15, 0.2) is 127 Å². The second-order valence-corrected chi connectivity index (χ2v) is 16.7. The van der Waals surface area contributed by atoms with Crippen LogP contribution in [0.1, 0.15) is 19.4 Å². The summed E-state index contributed by atoms with van der Waals surface area (Å²) in [6, 6.07) is 43.7. The highest BCUT2D eigenvalue weighted by Crippen LogP contribution is 2.29. The van der Waals surface area contributed by atoms with Gasteiger partial charge in [-0.3, -0.25) is 8.37 Å². The average Bonchev–Trinajstić information content (AvgIpc) is 3.92. The molecule has 0 unspecified atom stereocenters. The minimum absolute atomic E-state index is 0.302. The summed E-state index contributed by atoms with van der Waals surface area (Å²) in [5.41, 5.74) is 11.3. The number of amides is 4. The van der Waals surface area contributed by atoms with Crippen molar-refractivity contribution < 1.29 is 53.3 Å². The molecule has 0 bridgehead atoms. The molecule has 0 saturated carbocycles. The number of benzene rings is 4. The van der Waals surface area contributed by atoms with Crippen LogP contribution in [0.2, 0.25) is 0 Å². The number of carbonyl (C=O) groups excluding carboxylic acids is 2. The molecule has 1 saturated heterocycles. The number of nitrogens with zero attached hydrogens (tertiary/aromatic N) is 5. The molecule has 4 aromatic carbocycles. The highest BCUT2D eigenvalue weighted by molar-refractivity contribution is 7.81. The summed E-state index contributed by atoms with van der Waals surface area (Å²) in [7, 11) is 1.20. The summed E-state index contributed by atoms with van der Waals surface area (Å²) in [4.78, 5) is 23.5. The SMILES string of the molecule is CC(C)CNC(=O)N1CCNC1=O.COS(=O)(=O)[O-].COS(=O)(=O)[O-].Cc1c(-c2ccccc2)n(C)[n+](C)c1-c1ccccc1.Cn1c(-c2ccccc2)cc(-c2ccccc2)[n+]1C. The summed E-state index contributed by atoms with van der Waals surface area (Å²) in [5.74, 6) is 0.398. The topological polar surface area (TPSA) is 212 Å². The molecule has 0 radical (unpaired) electrons. The molecule has 0 aliphatic carbocycles. The molecule has 0 spiro atoms. The van der Waals surface area contributed by atoms with Crippen LogP contribution in [0, 0.1) is 12.8 Å². The molecule has 0 atom stereocenters. The summed E-state index contributed by atoms with van der Waals surface area (Å²) in [5, 5.41) is 5.24. The molecule has 344 valence electrons. The second-order valence-electron chi connectivity index (χ2n) is 14.4. The van der Waals surface area contributed by atoms with Gasteiger partial charge in [0.05, 0.1) is 33.9 Å². The molecule has 64 heavy (non-hydrogen) atoms. The molecule has 3 heterocycles. The van der Waals surface area contributed by atoms with Crippen molar-refractivity contribution in [3.05, 3.63) is 133 Å². The van der Waals surface area contributed by atoms with Gasteiger partial charge in [-0.25, -0.2) is 31.3 Å². The third kappa shape index (κ3) is 15.8. The zero-order chi connectivity index (χ0) is 47.6. The first-order chi connectivity index (χ1) is 30.2. The number of urea groups is 2. The molecule has 17 nitrogen and oxygen atoms in total. The molecule has 1 aliphatic heterocycles. The van der Waals surface area contributed by atoms with Crippen molar-refractivity contribution in [1.82, 2.24) is 24.9 Å². The predicted octanol–water partition coefficient (Wildman–Crippen LogP) is 5.24. The van der Waals surface area contributed by atoms with E-state index in [0.29, 0.717) is 25.6 Å². The zero-order valence-corrected chi connectivity index (χ0v) is 39.1. The molecule has 1 fully saturated rings. The first-order valence-corrected chi connectivity index (χ1v) is 22.6. The van der Waals surface area contributed by atoms with E-state index in [1.165, 1.54) is 55.5 Å². The smallest absolute Gasteiger partial charge is 0.325 e. The lowest BCUT2D eigenvalue weighted by atomic mass is 10.0. The van der Waals surface area contributed by atoms with E-state index in [1.807, 2.05) is 26.0 Å². The van der Waals surface area contributed by atoms with Crippen LogP contribution in [0.4, 0.5) is 9.59 Å². The summed E-state index contributed by atoms with van der Waals surface area (Å²) in [6.07, 6.45) is 0. The van der Waals surface area contributed by atoms with Gasteiger partial charge < -0.3 is 19.7 Å². The van der Waals surface area contributed by atoms with Crippen LogP contribution in [0.5, 0.6) is 0 Å². The van der Waals surface area contributed by atoms with Crippen molar-refractivity contribution >= 4 is 32.9 Å². The minimum atomic E-state index is -4.41. The molecule has 1 aliphatic rings. The van der Waals surface area contributed by atoms with E-state index in [9.17, 15) is 35.5 Å². The zero-order valence-electron chi connectivity index (χ0n) is 37.5. The van der Waals surface area contributed by atoms with Gasteiger partial charge in [0.2, 0.25) is 32.2 Å². The lowest BCUT2D eigenvalue weighted by molar-refractivity contribution is -0.740. The maximum absolute atomic E-state index is 11.3. The van der Waals surface area contributed by atoms with Gasteiger partial charge in [-0.05, 0) is 37.1 Å². The number of hydrogen-bond donors (Lipinski definition) is 2. The first kappa shape index (κ1) is 52.1. The lowest BCUT2D eigenvalue weighted by Gasteiger charge is -2.14. The Balaban J connectivity index is 0.000000230. The largest absolute Gasteiger partial charge is 0.726 e. The Labute approximate surface area is 376 Å². The van der Waals surface area contributed by atoms with Gasteiger partial charge in [0.15, 0.2) is 14.1 Å². The van der Waals surface area contributed by atoms with E-state index >= 15 is 0 Å². The Morgan fingerprint density at radius 2 is 1.14 bits per heavy atom. The van der Waals surface area contributed by atoms with Crippen molar-refractivity contribution in [3.63, 3.8) is 0 Å². The highest BCUT2D eigenvalue weighted by atomic mass is 32.3. The molecule has 7 rings (SSSR count). The van der Waals surface area contributed by atoms with Crippen LogP contribution in [-0.2, 0) is 57.4 Å². The maximum Gasteiger partial charge on any atom is 0.325 e. The Bertz CT molecular complexity index is 2470. The Morgan fingerprint density at radius 1 is 0.719 bits per heavy atom. The summed E-state index contributed by atoms with van der Waals surface area (Å²) >= 11 is 0. The number of hydrogen-bond acceptors (Lipinski definition) is 10. The second kappa shape index (κ2) is 24.6. The van der Waals surface area contributed by atoms with Crippen LogP contribution >= 0.6 is 0 Å². The molecule has 6 aromatic rings. The average molecular weight is 920 g/mol. The normalized spacial score (nSPS) is 12.0. The van der Waals surface area contributed by atoms with E-state index in [1.54, 1.807) is 0 Å². The molecule has 2 N–H and O–H groups in total. The predicted molar refractivity (Wildman–Crippen MR) is 241 cm³/mol. The fourth-order valence-electron chi connectivity index (χ4n) is 6.35. The monoisotopic (exact) mass is 919 g/mol. The van der Waals surface area contributed by atoms with E-state index < -0.39 is 20.8 Å². The van der Waals surface area contributed by atoms with Crippen LogP contribution in [0.25, 0.3) is 45.0 Å². The Kier molecular flexibility index (Phi) is 20.0. The van der Waals surface area contributed by atoms with Gasteiger partial charge in [0.25, 0.3) is 0 Å². The molecule has 19 heteroatoms. The third-order valence-corrected chi connectivity index (χ3v) is 10.5. The van der Waals surface area contributed by atoms with Gasteiger partial charge in [-0.1, -0.05) is 111 Å². The first-order valence-electron chi connectivity index (χ1n) is 19.9. The van der Waals surface area contributed by atoms with E-state index in [0.717, 1.165) is 14.2 Å². The van der Waals surface area contributed by atoms with Gasteiger partial charge in [-0.2, -0.15) is 9.36 Å². The quantitative estimate of drug-likeness (QED) is 0.115. The number of carbonyl (C=O) groups is 2. The van der Waals surface area contributed by atoms with E-state index in [2.05, 4.69) is 188 Å². The Morgan fingerprint density at radius 3 is 1.55 bits per heavy atom. The van der Waals surface area contributed by atoms with Gasteiger partial charge in [0, 0.05) is 48.0 Å². The van der Waals surface area contributed by atoms with Crippen LogP contribution in [-0.4, -0.2) is 86.1 Å². The summed E-state index contributed by atoms with van der Waals surface area (Å²) in [6.45, 7) is 7.82. The number of aromatic nitrogens is 4. The van der Waals surface area contributed by atoms with E-state index in [4.69, 9.17) is 0 Å². The number of nitrogens with one attached hydrogen (secondary N) is 2. The van der Waals surface area contributed by atoms with Gasteiger partial charge in [-0.15, -0.1) is 9.36 Å². The van der Waals surface area contributed by atoms with Gasteiger partial charge >= 0.3 is 12.1 Å². The van der Waals surface area contributed by atoms with Crippen molar-refractivity contribution in [2.45, 2.75) is 20.8 Å². The lowest BCUT2D eigenvalue weighted by Crippen LogP contribution is -2.43. The van der Waals surface area contributed by atoms with Crippen molar-refractivity contribution in [2.75, 3.05) is 33.9 Å². The number of rotatable bonds is 8. The van der Waals surface area contributed by atoms with Crippen LogP contribution < -0.4 is 20.0 Å². The number of imide groups is 1. The fraction of sp³-hybridized carbons (Fsp3) is 0.289. The standard InChI is InChI=1S/C18H19N2.C17H17N2.C8H15N3O2.2CH4O4S/c1-14-17(15-10-6-4-7-11-15)19(2)20(3)18(14)16-12-8-5-9-13-16;1-18-16(14-9-5-3-6-10-14)13-17(19(18)2)15-11-7-4-8-12-15;1-6(2)5-10-8(13)11-4-3-9-7(11)12;2*1-5-6(2,3)4/h4-13H,1-3H3;3-13H,1-2H3;6H,3-5H2,1-2H3,(H,9,12)(H,10,13);2*1H3,(H,2,3,4)/q2*+1;;;/p-2. The van der Waals surface area contributed by atoms with Crippen LogP contribution in [0.3, 0.4) is 0 Å². The Hall–Kier alpha value is -6.22. The fourth-order valence-corrected chi connectivity index (χ4v) is 6.35. The third-order valence-electron chi connectivity index (χ3n) is 9.63. The molecular formula is C45H57N7O10S2. The highest BCUT2D eigenvalue weighted by Gasteiger charge is 2.26. The van der Waals surface area contributed by atoms with E-state index in [-0.39, 0.29) is 12.1 Å². The summed E-state index contributed by atoms with van der Waals surface area (Å²) < 4.78 is 70.8. The molecule has 2 aromatic heterocycles.